The van der Waals surface area contributed by atoms with Gasteiger partial charge in [-0.15, -0.1) is 0 Å². The molecule has 3 rings (SSSR count). The van der Waals surface area contributed by atoms with Gasteiger partial charge in [0.05, 0.1) is 0 Å². The van der Waals surface area contributed by atoms with Gasteiger partial charge in [-0.1, -0.05) is 48.6 Å². The second-order valence-electron chi connectivity index (χ2n) is 4.34. The Morgan fingerprint density at radius 2 is 1.83 bits per heavy atom. The summed E-state index contributed by atoms with van der Waals surface area (Å²) >= 11 is 0. The summed E-state index contributed by atoms with van der Waals surface area (Å²) in [6, 6.07) is 9.95. The van der Waals surface area contributed by atoms with Crippen LogP contribution >= 0.6 is 0 Å². The SMILES string of the molecule is O=S(=O)(CF)C1C=Cc2cccc3cccc1c23. The van der Waals surface area contributed by atoms with Crippen molar-refractivity contribution in [2.75, 3.05) is 6.01 Å². The molecule has 2 aromatic rings. The van der Waals surface area contributed by atoms with Gasteiger partial charge < -0.3 is 0 Å². The summed E-state index contributed by atoms with van der Waals surface area (Å²) < 4.78 is 36.2. The first kappa shape index (κ1) is 11.4. The van der Waals surface area contributed by atoms with E-state index in [2.05, 4.69) is 0 Å². The van der Waals surface area contributed by atoms with Crippen molar-refractivity contribution in [3.8, 4) is 0 Å². The van der Waals surface area contributed by atoms with E-state index >= 15 is 0 Å². The van der Waals surface area contributed by atoms with Crippen LogP contribution in [0.3, 0.4) is 0 Å². The molecule has 0 amide bonds. The Labute approximate surface area is 105 Å². The lowest BCUT2D eigenvalue weighted by Gasteiger charge is -2.20. The average molecular weight is 262 g/mol. The molecule has 1 unspecified atom stereocenters. The van der Waals surface area contributed by atoms with Gasteiger partial charge in [0.2, 0.25) is 0 Å². The average Bonchev–Trinajstić information content (AvgIpc) is 2.39. The highest BCUT2D eigenvalue weighted by molar-refractivity contribution is 7.91. The van der Waals surface area contributed by atoms with Gasteiger partial charge in [0, 0.05) is 0 Å². The zero-order valence-corrected chi connectivity index (χ0v) is 10.3. The van der Waals surface area contributed by atoms with E-state index in [9.17, 15) is 12.8 Å². The molecule has 0 spiro atoms. The van der Waals surface area contributed by atoms with Gasteiger partial charge in [-0.3, -0.25) is 0 Å². The van der Waals surface area contributed by atoms with E-state index in [1.165, 1.54) is 0 Å². The van der Waals surface area contributed by atoms with E-state index in [0.717, 1.165) is 16.3 Å². The van der Waals surface area contributed by atoms with Crippen LogP contribution in [-0.4, -0.2) is 14.4 Å². The van der Waals surface area contributed by atoms with Crippen molar-refractivity contribution >= 4 is 26.7 Å². The van der Waals surface area contributed by atoms with Crippen LogP contribution in [0.1, 0.15) is 16.4 Å². The van der Waals surface area contributed by atoms with Crippen molar-refractivity contribution in [1.29, 1.82) is 0 Å². The molecule has 1 aliphatic rings. The maximum absolute atomic E-state index is 12.7. The molecule has 1 atom stereocenters. The molecule has 0 bridgehead atoms. The smallest absolute Gasteiger partial charge is 0.191 e. The molecule has 0 radical (unpaired) electrons. The van der Waals surface area contributed by atoms with Crippen molar-refractivity contribution in [1.82, 2.24) is 0 Å². The fourth-order valence-corrected chi connectivity index (χ4v) is 3.49. The van der Waals surface area contributed by atoms with Crippen LogP contribution in [-0.2, 0) is 9.84 Å². The Morgan fingerprint density at radius 3 is 2.56 bits per heavy atom. The first-order valence-corrected chi connectivity index (χ1v) is 7.32. The first-order chi connectivity index (χ1) is 8.63. The fourth-order valence-electron chi connectivity index (χ4n) is 2.45. The monoisotopic (exact) mass is 262 g/mol. The summed E-state index contributed by atoms with van der Waals surface area (Å²) in [6.45, 7) is 0. The Morgan fingerprint density at radius 1 is 1.11 bits per heavy atom. The van der Waals surface area contributed by atoms with E-state index in [4.69, 9.17) is 0 Å². The van der Waals surface area contributed by atoms with Gasteiger partial charge in [0.1, 0.15) is 5.25 Å². The van der Waals surface area contributed by atoms with E-state index in [1.807, 2.05) is 24.3 Å². The summed E-state index contributed by atoms with van der Waals surface area (Å²) in [5.74, 6) is 0. The number of hydrogen-bond acceptors (Lipinski definition) is 2. The van der Waals surface area contributed by atoms with Gasteiger partial charge in [-0.05, 0) is 21.9 Å². The Bertz CT molecular complexity index is 742. The molecule has 2 aromatic carbocycles. The lowest BCUT2D eigenvalue weighted by molar-refractivity contribution is 0.530. The highest BCUT2D eigenvalue weighted by Crippen LogP contribution is 2.37. The minimum atomic E-state index is -3.76. The van der Waals surface area contributed by atoms with Crippen molar-refractivity contribution in [3.63, 3.8) is 0 Å². The molecular weight excluding hydrogens is 251 g/mol. The van der Waals surface area contributed by atoms with Gasteiger partial charge in [0.25, 0.3) is 0 Å². The number of halogens is 1. The van der Waals surface area contributed by atoms with Crippen LogP contribution in [0.2, 0.25) is 0 Å². The van der Waals surface area contributed by atoms with Crippen LogP contribution in [0, 0.1) is 0 Å². The summed E-state index contributed by atoms with van der Waals surface area (Å²) in [6.07, 6.45) is 3.32. The molecule has 0 fully saturated rings. The number of sulfone groups is 1. The Hall–Kier alpha value is -1.68. The van der Waals surface area contributed by atoms with E-state index < -0.39 is 21.1 Å². The molecule has 2 nitrogen and oxygen atoms in total. The van der Waals surface area contributed by atoms with Crippen LogP contribution in [0.4, 0.5) is 4.39 Å². The molecule has 18 heavy (non-hydrogen) atoms. The molecule has 0 heterocycles. The van der Waals surface area contributed by atoms with Crippen LogP contribution in [0.5, 0.6) is 0 Å². The Balaban J connectivity index is 2.35. The molecule has 0 saturated heterocycles. The maximum Gasteiger partial charge on any atom is 0.191 e. The fraction of sp³-hybridized carbons (Fsp3) is 0.143. The van der Waals surface area contributed by atoms with Gasteiger partial charge in [-0.2, -0.15) is 0 Å². The minimum Gasteiger partial charge on any atom is -0.234 e. The standard InChI is InChI=1S/C14H11FO2S/c15-9-18(16,17)13-8-7-11-4-1-3-10-5-2-6-12(13)14(10)11/h1-8,13H,9H2. The van der Waals surface area contributed by atoms with E-state index in [0.29, 0.717) is 5.56 Å². The van der Waals surface area contributed by atoms with Crippen LogP contribution in [0.15, 0.2) is 42.5 Å². The van der Waals surface area contributed by atoms with Gasteiger partial charge in [0.15, 0.2) is 15.8 Å². The van der Waals surface area contributed by atoms with E-state index in [1.54, 1.807) is 24.3 Å². The third-order valence-electron chi connectivity index (χ3n) is 3.27. The molecule has 1 aliphatic carbocycles. The van der Waals surface area contributed by atoms with Crippen molar-refractivity contribution in [2.45, 2.75) is 5.25 Å². The van der Waals surface area contributed by atoms with Crippen LogP contribution < -0.4 is 0 Å². The summed E-state index contributed by atoms with van der Waals surface area (Å²) in [7, 11) is -3.76. The summed E-state index contributed by atoms with van der Waals surface area (Å²) in [5, 5.41) is 1.01. The van der Waals surface area contributed by atoms with Crippen LogP contribution in [0.25, 0.3) is 16.8 Å². The normalized spacial score (nSPS) is 18.2. The van der Waals surface area contributed by atoms with Gasteiger partial charge >= 0.3 is 0 Å². The minimum absolute atomic E-state index is 0.670. The predicted molar refractivity (Wildman–Crippen MR) is 70.6 cm³/mol. The quantitative estimate of drug-likeness (QED) is 0.832. The summed E-state index contributed by atoms with van der Waals surface area (Å²) in [4.78, 5) is 0. The molecule has 0 saturated carbocycles. The number of rotatable bonds is 2. The van der Waals surface area contributed by atoms with E-state index in [-0.39, 0.29) is 0 Å². The zero-order chi connectivity index (χ0) is 12.8. The second-order valence-corrected chi connectivity index (χ2v) is 6.40. The number of alkyl halides is 1. The van der Waals surface area contributed by atoms with Crippen molar-refractivity contribution in [2.24, 2.45) is 0 Å². The molecule has 0 aromatic heterocycles. The molecule has 4 heteroatoms. The predicted octanol–water partition coefficient (Wildman–Crippen LogP) is 3.25. The Kier molecular flexibility index (Phi) is 2.48. The van der Waals surface area contributed by atoms with Crippen molar-refractivity contribution in [3.05, 3.63) is 53.6 Å². The third-order valence-corrected chi connectivity index (χ3v) is 4.75. The molecular formula is C14H11FO2S. The number of benzene rings is 2. The lowest BCUT2D eigenvalue weighted by Crippen LogP contribution is -2.15. The first-order valence-electron chi connectivity index (χ1n) is 5.61. The zero-order valence-electron chi connectivity index (χ0n) is 9.51. The molecule has 92 valence electrons. The second kappa shape index (κ2) is 3.92. The largest absolute Gasteiger partial charge is 0.234 e. The van der Waals surface area contributed by atoms with Crippen molar-refractivity contribution < 1.29 is 12.8 Å². The summed E-state index contributed by atoms with van der Waals surface area (Å²) in [5.41, 5.74) is 1.65. The third kappa shape index (κ3) is 1.56. The number of hydrogen-bond donors (Lipinski definition) is 0. The van der Waals surface area contributed by atoms with Gasteiger partial charge in [-0.25, -0.2) is 12.8 Å². The molecule has 0 aliphatic heterocycles. The lowest BCUT2D eigenvalue weighted by atomic mass is 9.93. The molecule has 0 N–H and O–H groups in total. The topological polar surface area (TPSA) is 34.1 Å². The highest BCUT2D eigenvalue weighted by Gasteiger charge is 2.28. The maximum atomic E-state index is 12.7. The highest BCUT2D eigenvalue weighted by atomic mass is 32.2.